The van der Waals surface area contributed by atoms with E-state index in [2.05, 4.69) is 18.3 Å². The van der Waals surface area contributed by atoms with Crippen molar-refractivity contribution in [1.29, 1.82) is 5.26 Å². The van der Waals surface area contributed by atoms with Crippen LogP contribution in [0.15, 0.2) is 24.3 Å². The predicted octanol–water partition coefficient (Wildman–Crippen LogP) is 2.71. The van der Waals surface area contributed by atoms with Gasteiger partial charge in [0.05, 0.1) is 17.4 Å². The highest BCUT2D eigenvalue weighted by molar-refractivity contribution is 7.99. The van der Waals surface area contributed by atoms with E-state index in [-0.39, 0.29) is 11.9 Å². The highest BCUT2D eigenvalue weighted by atomic mass is 32.2. The largest absolute Gasteiger partial charge is 0.353 e. The van der Waals surface area contributed by atoms with Gasteiger partial charge in [-0.3, -0.25) is 4.79 Å². The molecule has 0 aliphatic carbocycles. The van der Waals surface area contributed by atoms with Crippen molar-refractivity contribution in [2.24, 2.45) is 0 Å². The zero-order valence-electron chi connectivity index (χ0n) is 10.8. The Labute approximate surface area is 113 Å². The first-order valence-corrected chi connectivity index (χ1v) is 7.17. The molecule has 0 aliphatic rings. The number of nitrogens with one attached hydrogen (secondary N) is 1. The number of rotatable bonds is 6. The minimum atomic E-state index is 0.0861. The molecule has 1 atom stereocenters. The van der Waals surface area contributed by atoms with E-state index in [1.807, 2.05) is 19.1 Å². The van der Waals surface area contributed by atoms with Gasteiger partial charge in [0, 0.05) is 11.8 Å². The first kappa shape index (κ1) is 14.6. The van der Waals surface area contributed by atoms with Gasteiger partial charge in [0.2, 0.25) is 5.91 Å². The van der Waals surface area contributed by atoms with Crippen LogP contribution in [0.2, 0.25) is 0 Å². The van der Waals surface area contributed by atoms with Crippen molar-refractivity contribution in [2.45, 2.75) is 32.1 Å². The van der Waals surface area contributed by atoms with Crippen LogP contribution in [0, 0.1) is 11.3 Å². The van der Waals surface area contributed by atoms with E-state index in [4.69, 9.17) is 5.26 Å². The molecule has 0 heterocycles. The van der Waals surface area contributed by atoms with Gasteiger partial charge in [-0.05, 0) is 31.0 Å². The van der Waals surface area contributed by atoms with Gasteiger partial charge in [-0.15, -0.1) is 11.8 Å². The van der Waals surface area contributed by atoms with Gasteiger partial charge in [-0.2, -0.15) is 5.26 Å². The number of benzene rings is 1. The maximum absolute atomic E-state index is 11.5. The number of hydrogen-bond acceptors (Lipinski definition) is 3. The Balaban J connectivity index is 2.29. The molecule has 0 spiro atoms. The molecule has 96 valence electrons. The fraction of sp³-hybridized carbons (Fsp3) is 0.429. The van der Waals surface area contributed by atoms with Crippen LogP contribution in [0.3, 0.4) is 0 Å². The van der Waals surface area contributed by atoms with Gasteiger partial charge in [-0.25, -0.2) is 0 Å². The quantitative estimate of drug-likeness (QED) is 0.857. The van der Waals surface area contributed by atoms with Crippen molar-refractivity contribution in [3.05, 3.63) is 35.4 Å². The maximum Gasteiger partial charge on any atom is 0.230 e. The number of nitrogens with zero attached hydrogens (tertiary/aromatic N) is 1. The Bertz CT molecular complexity index is 422. The van der Waals surface area contributed by atoms with Crippen LogP contribution in [0.4, 0.5) is 0 Å². The maximum atomic E-state index is 11.5. The van der Waals surface area contributed by atoms with Crippen molar-refractivity contribution in [1.82, 2.24) is 5.32 Å². The minimum Gasteiger partial charge on any atom is -0.353 e. The molecule has 0 aliphatic heterocycles. The molecule has 1 rings (SSSR count). The highest BCUT2D eigenvalue weighted by Gasteiger charge is 2.05. The average molecular weight is 262 g/mol. The van der Waals surface area contributed by atoms with E-state index in [9.17, 15) is 4.79 Å². The summed E-state index contributed by atoms with van der Waals surface area (Å²) in [5.41, 5.74) is 1.80. The van der Waals surface area contributed by atoms with Crippen LogP contribution >= 0.6 is 11.8 Å². The van der Waals surface area contributed by atoms with E-state index in [0.29, 0.717) is 11.3 Å². The van der Waals surface area contributed by atoms with Crippen LogP contribution < -0.4 is 5.32 Å². The summed E-state index contributed by atoms with van der Waals surface area (Å²) in [5, 5.41) is 11.6. The van der Waals surface area contributed by atoms with Crippen LogP contribution in [0.5, 0.6) is 0 Å². The number of nitriles is 1. The molecule has 1 aromatic carbocycles. The lowest BCUT2D eigenvalue weighted by molar-refractivity contribution is -0.119. The van der Waals surface area contributed by atoms with Crippen LogP contribution in [0.1, 0.15) is 31.4 Å². The number of carbonyl (C=O) groups excluding carboxylic acids is 1. The SMILES string of the molecule is CC[C@@H](C)NC(=O)CSCc1ccc(C#N)cc1. The summed E-state index contributed by atoms with van der Waals surface area (Å²) in [6.45, 7) is 4.05. The van der Waals surface area contributed by atoms with Gasteiger partial charge in [0.25, 0.3) is 0 Å². The van der Waals surface area contributed by atoms with Crippen LogP contribution in [0.25, 0.3) is 0 Å². The first-order valence-electron chi connectivity index (χ1n) is 6.01. The monoisotopic (exact) mass is 262 g/mol. The molecule has 0 bridgehead atoms. The molecule has 3 nitrogen and oxygen atoms in total. The second-order valence-corrected chi connectivity index (χ2v) is 5.16. The van der Waals surface area contributed by atoms with Crippen LogP contribution in [-0.4, -0.2) is 17.7 Å². The molecule has 18 heavy (non-hydrogen) atoms. The number of thioether (sulfide) groups is 1. The Morgan fingerprint density at radius 1 is 1.44 bits per heavy atom. The van der Waals surface area contributed by atoms with E-state index < -0.39 is 0 Å². The summed E-state index contributed by atoms with van der Waals surface area (Å²) < 4.78 is 0. The Hall–Kier alpha value is -1.47. The van der Waals surface area contributed by atoms with Gasteiger partial charge in [0.1, 0.15) is 0 Å². The van der Waals surface area contributed by atoms with Crippen LogP contribution in [-0.2, 0) is 10.5 Å². The normalized spacial score (nSPS) is 11.6. The van der Waals surface area contributed by atoms with Gasteiger partial charge < -0.3 is 5.32 Å². The highest BCUT2D eigenvalue weighted by Crippen LogP contribution is 2.12. The Kier molecular flexibility index (Phi) is 6.31. The fourth-order valence-electron chi connectivity index (χ4n) is 1.36. The lowest BCUT2D eigenvalue weighted by Crippen LogP contribution is -2.33. The third-order valence-electron chi connectivity index (χ3n) is 2.60. The molecule has 1 amide bonds. The summed E-state index contributed by atoms with van der Waals surface area (Å²) in [6.07, 6.45) is 0.950. The summed E-state index contributed by atoms with van der Waals surface area (Å²) in [5.74, 6) is 1.35. The van der Waals surface area contributed by atoms with E-state index in [1.54, 1.807) is 23.9 Å². The summed E-state index contributed by atoms with van der Waals surface area (Å²) in [7, 11) is 0. The molecule has 0 radical (unpaired) electrons. The zero-order valence-corrected chi connectivity index (χ0v) is 11.6. The first-order chi connectivity index (χ1) is 8.65. The standard InChI is InChI=1S/C14H18N2OS/c1-3-11(2)16-14(17)10-18-9-13-6-4-12(8-15)5-7-13/h4-7,11H,3,9-10H2,1-2H3,(H,16,17)/t11-/m1/s1. The molecule has 4 heteroatoms. The Morgan fingerprint density at radius 2 is 2.11 bits per heavy atom. The third kappa shape index (κ3) is 5.24. The molecule has 0 saturated carbocycles. The average Bonchev–Trinajstić information content (AvgIpc) is 2.39. The minimum absolute atomic E-state index is 0.0861. The second kappa shape index (κ2) is 7.78. The topological polar surface area (TPSA) is 52.9 Å². The molecular formula is C14H18N2OS. The van der Waals surface area contributed by atoms with E-state index >= 15 is 0 Å². The second-order valence-electron chi connectivity index (χ2n) is 4.18. The number of hydrogen-bond donors (Lipinski definition) is 1. The lowest BCUT2D eigenvalue weighted by atomic mass is 10.2. The van der Waals surface area contributed by atoms with Gasteiger partial charge in [-0.1, -0.05) is 19.1 Å². The molecule has 1 aromatic rings. The smallest absolute Gasteiger partial charge is 0.230 e. The summed E-state index contributed by atoms with van der Waals surface area (Å²) >= 11 is 1.59. The third-order valence-corrected chi connectivity index (χ3v) is 3.61. The van der Waals surface area contributed by atoms with Gasteiger partial charge in [0.15, 0.2) is 0 Å². The van der Waals surface area contributed by atoms with Crippen molar-refractivity contribution in [2.75, 3.05) is 5.75 Å². The Morgan fingerprint density at radius 3 is 2.67 bits per heavy atom. The van der Waals surface area contributed by atoms with Gasteiger partial charge >= 0.3 is 0 Å². The number of amides is 1. The lowest BCUT2D eigenvalue weighted by Gasteiger charge is -2.10. The molecule has 0 fully saturated rings. The summed E-state index contributed by atoms with van der Waals surface area (Å²) in [4.78, 5) is 11.5. The molecule has 0 unspecified atom stereocenters. The van der Waals surface area contributed by atoms with E-state index in [1.165, 1.54) is 0 Å². The molecule has 0 aromatic heterocycles. The molecule has 1 N–H and O–H groups in total. The number of carbonyl (C=O) groups is 1. The molecule has 0 saturated heterocycles. The van der Waals surface area contributed by atoms with Crippen molar-refractivity contribution in [3.8, 4) is 6.07 Å². The van der Waals surface area contributed by atoms with E-state index in [0.717, 1.165) is 17.7 Å². The zero-order chi connectivity index (χ0) is 13.4. The van der Waals surface area contributed by atoms with Crippen molar-refractivity contribution >= 4 is 17.7 Å². The van der Waals surface area contributed by atoms with Crippen molar-refractivity contribution in [3.63, 3.8) is 0 Å². The summed E-state index contributed by atoms with van der Waals surface area (Å²) in [6, 6.07) is 9.79. The fourth-order valence-corrected chi connectivity index (χ4v) is 2.15. The molecular weight excluding hydrogens is 244 g/mol. The van der Waals surface area contributed by atoms with Crippen molar-refractivity contribution < 1.29 is 4.79 Å². The predicted molar refractivity (Wildman–Crippen MR) is 75.2 cm³/mol.